The van der Waals surface area contributed by atoms with E-state index >= 15 is 0 Å². The highest BCUT2D eigenvalue weighted by molar-refractivity contribution is 5.93. The van der Waals surface area contributed by atoms with Gasteiger partial charge in [-0.3, -0.25) is 10.4 Å². The normalized spacial score (nSPS) is 17.1. The number of amidine groups is 2. The molecule has 0 radical (unpaired) electrons. The molecule has 21 heavy (non-hydrogen) atoms. The monoisotopic (exact) mass is 292 g/mol. The molecule has 10 heteroatoms. The van der Waals surface area contributed by atoms with Crippen molar-refractivity contribution in [3.63, 3.8) is 0 Å². The van der Waals surface area contributed by atoms with Crippen LogP contribution >= 0.6 is 0 Å². The van der Waals surface area contributed by atoms with Crippen LogP contribution < -0.4 is 11.5 Å². The summed E-state index contributed by atoms with van der Waals surface area (Å²) in [5.74, 6) is -0.830. The second-order valence-electron chi connectivity index (χ2n) is 4.31. The molecule has 0 fully saturated rings. The Morgan fingerprint density at radius 3 is 2.14 bits per heavy atom. The van der Waals surface area contributed by atoms with E-state index in [0.717, 1.165) is 0 Å². The SMILES string of the molecule is C=C(CN=C(N)C(C)(C#N)N=NC(C)(C#N)C(=N)N)OO. The summed E-state index contributed by atoms with van der Waals surface area (Å²) in [6.45, 7) is 5.72. The first-order valence-electron chi connectivity index (χ1n) is 5.56. The van der Waals surface area contributed by atoms with Crippen molar-refractivity contribution in [2.24, 2.45) is 26.7 Å². The van der Waals surface area contributed by atoms with E-state index in [4.69, 9.17) is 32.7 Å². The third-order valence-electron chi connectivity index (χ3n) is 2.46. The van der Waals surface area contributed by atoms with E-state index in [2.05, 4.69) is 26.7 Å². The number of aliphatic imine (C=N–C) groups is 1. The zero-order valence-corrected chi connectivity index (χ0v) is 11.7. The van der Waals surface area contributed by atoms with Crippen molar-refractivity contribution in [1.82, 2.24) is 0 Å². The predicted molar refractivity (Wildman–Crippen MR) is 74.1 cm³/mol. The van der Waals surface area contributed by atoms with Crippen molar-refractivity contribution >= 4 is 11.7 Å². The minimum absolute atomic E-state index is 0.0826. The Labute approximate surface area is 121 Å². The maximum absolute atomic E-state index is 9.15. The van der Waals surface area contributed by atoms with E-state index in [1.54, 1.807) is 12.1 Å². The number of nitrogens with zero attached hydrogens (tertiary/aromatic N) is 5. The Hall–Kier alpha value is -2.98. The van der Waals surface area contributed by atoms with Gasteiger partial charge in [-0.15, -0.1) is 0 Å². The van der Waals surface area contributed by atoms with E-state index in [1.165, 1.54) is 13.8 Å². The number of nitrogens with one attached hydrogen (secondary N) is 1. The Morgan fingerprint density at radius 1 is 1.29 bits per heavy atom. The highest BCUT2D eigenvalue weighted by Crippen LogP contribution is 2.16. The molecule has 2 atom stereocenters. The average molecular weight is 292 g/mol. The number of hydrogen-bond donors (Lipinski definition) is 4. The van der Waals surface area contributed by atoms with Crippen LogP contribution in [0.2, 0.25) is 0 Å². The summed E-state index contributed by atoms with van der Waals surface area (Å²) in [6, 6.07) is 3.49. The van der Waals surface area contributed by atoms with Crippen molar-refractivity contribution in [3.8, 4) is 12.1 Å². The summed E-state index contributed by atoms with van der Waals surface area (Å²) in [5, 5.41) is 41.0. The van der Waals surface area contributed by atoms with Crippen LogP contribution in [0.25, 0.3) is 0 Å². The predicted octanol–water partition coefficient (Wildman–Crippen LogP) is 0.300. The fraction of sp³-hybridized carbons (Fsp3) is 0.455. The van der Waals surface area contributed by atoms with Gasteiger partial charge < -0.3 is 16.4 Å². The molecule has 0 aliphatic heterocycles. The molecule has 0 aromatic carbocycles. The minimum atomic E-state index is -1.70. The van der Waals surface area contributed by atoms with E-state index in [1.807, 2.05) is 0 Å². The molecule has 0 aromatic heterocycles. The van der Waals surface area contributed by atoms with E-state index in [9.17, 15) is 0 Å². The van der Waals surface area contributed by atoms with Gasteiger partial charge in [-0.05, 0) is 13.8 Å². The summed E-state index contributed by atoms with van der Waals surface area (Å²) < 4.78 is 0. The molecular formula is C11H16N8O2. The van der Waals surface area contributed by atoms with Crippen molar-refractivity contribution < 1.29 is 10.1 Å². The Kier molecular flexibility index (Phi) is 5.99. The zero-order valence-electron chi connectivity index (χ0n) is 11.7. The van der Waals surface area contributed by atoms with Gasteiger partial charge in [0.25, 0.3) is 0 Å². The van der Waals surface area contributed by atoms with Crippen LogP contribution in [-0.2, 0) is 4.89 Å². The van der Waals surface area contributed by atoms with E-state index < -0.39 is 16.9 Å². The third kappa shape index (κ3) is 4.56. The van der Waals surface area contributed by atoms with Crippen molar-refractivity contribution in [1.29, 1.82) is 15.9 Å². The first-order chi connectivity index (χ1) is 9.65. The van der Waals surface area contributed by atoms with Crippen molar-refractivity contribution in [3.05, 3.63) is 12.3 Å². The molecule has 2 unspecified atom stereocenters. The van der Waals surface area contributed by atoms with E-state index in [-0.39, 0.29) is 18.1 Å². The highest BCUT2D eigenvalue weighted by Gasteiger charge is 2.33. The molecule has 0 amide bonds. The lowest BCUT2D eigenvalue weighted by Gasteiger charge is -2.18. The molecule has 112 valence electrons. The summed E-state index contributed by atoms with van der Waals surface area (Å²) in [4.78, 5) is 7.60. The first kappa shape index (κ1) is 18.0. The number of azo groups is 1. The van der Waals surface area contributed by atoms with Gasteiger partial charge in [-0.1, -0.05) is 6.58 Å². The van der Waals surface area contributed by atoms with Gasteiger partial charge in [0.05, 0.1) is 0 Å². The van der Waals surface area contributed by atoms with Crippen LogP contribution in [0.5, 0.6) is 0 Å². The average Bonchev–Trinajstić information content (AvgIpc) is 2.48. The number of rotatable bonds is 7. The number of nitrogens with two attached hydrogens (primary N) is 2. The molecule has 0 heterocycles. The first-order valence-corrected chi connectivity index (χ1v) is 5.56. The third-order valence-corrected chi connectivity index (χ3v) is 2.46. The highest BCUT2D eigenvalue weighted by atomic mass is 17.1. The smallest absolute Gasteiger partial charge is 0.220 e. The van der Waals surface area contributed by atoms with Crippen LogP contribution in [0.4, 0.5) is 0 Å². The second-order valence-corrected chi connectivity index (χ2v) is 4.31. The van der Waals surface area contributed by atoms with Crippen molar-refractivity contribution in [2.75, 3.05) is 6.54 Å². The summed E-state index contributed by atoms with van der Waals surface area (Å²) in [7, 11) is 0. The molecule has 0 saturated carbocycles. The fourth-order valence-corrected chi connectivity index (χ4v) is 0.823. The van der Waals surface area contributed by atoms with Gasteiger partial charge in [0.2, 0.25) is 11.1 Å². The van der Waals surface area contributed by atoms with Gasteiger partial charge in [0.15, 0.2) is 5.76 Å². The molecule has 0 aliphatic carbocycles. The van der Waals surface area contributed by atoms with Gasteiger partial charge in [0, 0.05) is 0 Å². The molecular weight excluding hydrogens is 276 g/mol. The van der Waals surface area contributed by atoms with Crippen LogP contribution in [0, 0.1) is 28.1 Å². The lowest BCUT2D eigenvalue weighted by Crippen LogP contribution is -2.41. The molecule has 10 nitrogen and oxygen atoms in total. The topological polar surface area (TPSA) is 190 Å². The Bertz CT molecular complexity index is 570. The standard InChI is InChI=1S/C11H16N8O2/c1-7(21-20)4-17-9(16)11(3,6-13)19-18-10(2,5-12)8(14)15/h20H,1,4H2,2-3H3,(H3,14,15)(H2,16,17). The van der Waals surface area contributed by atoms with Gasteiger partial charge >= 0.3 is 0 Å². The number of hydrogen-bond acceptors (Lipinski definition) is 8. The van der Waals surface area contributed by atoms with Crippen molar-refractivity contribution in [2.45, 2.75) is 24.9 Å². The van der Waals surface area contributed by atoms with E-state index in [0.29, 0.717) is 0 Å². The molecule has 0 saturated heterocycles. The summed E-state index contributed by atoms with van der Waals surface area (Å²) in [6.07, 6.45) is 0. The van der Waals surface area contributed by atoms with Crippen LogP contribution in [0.15, 0.2) is 27.6 Å². The molecule has 0 rings (SSSR count). The molecule has 0 spiro atoms. The molecule has 0 aliphatic rings. The maximum Gasteiger partial charge on any atom is 0.220 e. The Balaban J connectivity index is 5.41. The lowest BCUT2D eigenvalue weighted by molar-refractivity contribution is -0.202. The second kappa shape index (κ2) is 6.98. The molecule has 0 bridgehead atoms. The Morgan fingerprint density at radius 2 is 1.76 bits per heavy atom. The van der Waals surface area contributed by atoms with Gasteiger partial charge in [0.1, 0.15) is 30.4 Å². The molecule has 6 N–H and O–H groups in total. The van der Waals surface area contributed by atoms with Crippen LogP contribution in [0.3, 0.4) is 0 Å². The number of nitriles is 2. The maximum atomic E-state index is 9.15. The minimum Gasteiger partial charge on any atom is -0.385 e. The van der Waals surface area contributed by atoms with Gasteiger partial charge in [-0.2, -0.15) is 20.8 Å². The molecule has 0 aromatic rings. The zero-order chi connectivity index (χ0) is 16.7. The quantitative estimate of drug-likeness (QED) is 0.130. The summed E-state index contributed by atoms with van der Waals surface area (Å²) >= 11 is 0. The van der Waals surface area contributed by atoms with Crippen LogP contribution in [0.1, 0.15) is 13.8 Å². The lowest BCUT2D eigenvalue weighted by atomic mass is 10.0. The van der Waals surface area contributed by atoms with Gasteiger partial charge in [-0.25, -0.2) is 5.26 Å². The summed E-state index contributed by atoms with van der Waals surface area (Å²) in [5.41, 5.74) is 7.53. The fourth-order valence-electron chi connectivity index (χ4n) is 0.823. The largest absolute Gasteiger partial charge is 0.385 e. The van der Waals surface area contributed by atoms with Crippen LogP contribution in [-0.4, -0.2) is 34.6 Å².